The summed E-state index contributed by atoms with van der Waals surface area (Å²) in [6, 6.07) is 1.20. The van der Waals surface area contributed by atoms with Crippen LogP contribution in [-0.2, 0) is 5.41 Å². The summed E-state index contributed by atoms with van der Waals surface area (Å²) in [5.74, 6) is -0.632. The molecule has 0 saturated carbocycles. The Kier molecular flexibility index (Phi) is 3.35. The fraction of sp³-hybridized carbons (Fsp3) is 0.444. The molecule has 0 radical (unpaired) electrons. The van der Waals surface area contributed by atoms with Crippen LogP contribution in [0.1, 0.15) is 19.4 Å². The van der Waals surface area contributed by atoms with E-state index in [4.69, 9.17) is 28.3 Å². The van der Waals surface area contributed by atoms with Gasteiger partial charge in [-0.1, -0.05) is 37.0 Å². The molecule has 0 aliphatic carbocycles. The molecule has 1 heterocycles. The molecule has 78 valence electrons. The molecule has 0 spiro atoms. The van der Waals surface area contributed by atoms with E-state index in [2.05, 4.69) is 4.98 Å². The molecule has 0 unspecified atom stereocenters. The van der Waals surface area contributed by atoms with Crippen LogP contribution in [0, 0.1) is 5.82 Å². The van der Waals surface area contributed by atoms with Gasteiger partial charge in [0.25, 0.3) is 0 Å². The van der Waals surface area contributed by atoms with Gasteiger partial charge in [0.15, 0.2) is 11.0 Å². The Morgan fingerprint density at radius 2 is 2.00 bits per heavy atom. The molecule has 0 aliphatic rings. The highest BCUT2D eigenvalue weighted by atomic mass is 35.5. The number of aliphatic hydroxyl groups excluding tert-OH is 1. The van der Waals surface area contributed by atoms with Crippen LogP contribution in [0.2, 0.25) is 10.3 Å². The molecule has 5 heteroatoms. The van der Waals surface area contributed by atoms with E-state index in [1.54, 1.807) is 13.8 Å². The Labute approximate surface area is 91.7 Å². The maximum atomic E-state index is 13.1. The maximum absolute atomic E-state index is 13.1. The van der Waals surface area contributed by atoms with Crippen molar-refractivity contribution < 1.29 is 9.50 Å². The molecule has 0 saturated heterocycles. The summed E-state index contributed by atoms with van der Waals surface area (Å²) in [4.78, 5) is 3.63. The highest BCUT2D eigenvalue weighted by Gasteiger charge is 2.24. The van der Waals surface area contributed by atoms with Crippen LogP contribution in [0.3, 0.4) is 0 Å². The monoisotopic (exact) mass is 237 g/mol. The molecule has 0 fully saturated rings. The highest BCUT2D eigenvalue weighted by Crippen LogP contribution is 2.30. The van der Waals surface area contributed by atoms with Gasteiger partial charge in [-0.2, -0.15) is 0 Å². The van der Waals surface area contributed by atoms with Crippen LogP contribution in [0.25, 0.3) is 0 Å². The van der Waals surface area contributed by atoms with Crippen molar-refractivity contribution in [3.63, 3.8) is 0 Å². The Morgan fingerprint density at radius 1 is 1.43 bits per heavy atom. The quantitative estimate of drug-likeness (QED) is 0.803. The van der Waals surface area contributed by atoms with Gasteiger partial charge in [0, 0.05) is 11.0 Å². The molecular formula is C9H10Cl2FNO. The predicted molar refractivity (Wildman–Crippen MR) is 54.3 cm³/mol. The number of nitrogens with zero attached hydrogens (tertiary/aromatic N) is 1. The summed E-state index contributed by atoms with van der Waals surface area (Å²) in [7, 11) is 0. The van der Waals surface area contributed by atoms with Crippen LogP contribution in [0.5, 0.6) is 0 Å². The van der Waals surface area contributed by atoms with E-state index in [1.165, 1.54) is 6.07 Å². The summed E-state index contributed by atoms with van der Waals surface area (Å²) in [6.07, 6.45) is 0. The summed E-state index contributed by atoms with van der Waals surface area (Å²) >= 11 is 11.2. The highest BCUT2D eigenvalue weighted by molar-refractivity contribution is 6.33. The van der Waals surface area contributed by atoms with Gasteiger partial charge in [-0.15, -0.1) is 0 Å². The van der Waals surface area contributed by atoms with Gasteiger partial charge in [0.2, 0.25) is 0 Å². The van der Waals surface area contributed by atoms with Gasteiger partial charge < -0.3 is 5.11 Å². The van der Waals surface area contributed by atoms with E-state index < -0.39 is 11.2 Å². The Morgan fingerprint density at radius 3 is 2.50 bits per heavy atom. The van der Waals surface area contributed by atoms with Crippen molar-refractivity contribution >= 4 is 23.2 Å². The third-order valence-corrected chi connectivity index (χ3v) is 2.56. The van der Waals surface area contributed by atoms with Crippen molar-refractivity contribution in [3.8, 4) is 0 Å². The molecule has 1 aromatic heterocycles. The Balaban J connectivity index is 3.29. The topological polar surface area (TPSA) is 33.1 Å². The second-order valence-corrected chi connectivity index (χ2v) is 4.36. The van der Waals surface area contributed by atoms with Gasteiger partial charge in [-0.25, -0.2) is 9.37 Å². The summed E-state index contributed by atoms with van der Waals surface area (Å²) < 4.78 is 13.1. The summed E-state index contributed by atoms with van der Waals surface area (Å²) in [5, 5.41) is 8.95. The molecule has 1 aromatic rings. The zero-order chi connectivity index (χ0) is 10.9. The average molecular weight is 238 g/mol. The third kappa shape index (κ3) is 2.16. The lowest BCUT2D eigenvalue weighted by atomic mass is 9.87. The first-order valence-corrected chi connectivity index (χ1v) is 4.77. The van der Waals surface area contributed by atoms with Crippen LogP contribution in [0.4, 0.5) is 4.39 Å². The zero-order valence-electron chi connectivity index (χ0n) is 7.81. The maximum Gasteiger partial charge on any atom is 0.166 e. The van der Waals surface area contributed by atoms with Crippen molar-refractivity contribution in [1.82, 2.24) is 4.98 Å². The van der Waals surface area contributed by atoms with Gasteiger partial charge in [0.05, 0.1) is 6.61 Å². The zero-order valence-corrected chi connectivity index (χ0v) is 9.32. The molecule has 0 bridgehead atoms. The van der Waals surface area contributed by atoms with E-state index in [9.17, 15) is 4.39 Å². The normalized spacial score (nSPS) is 11.9. The van der Waals surface area contributed by atoms with Crippen molar-refractivity contribution in [2.45, 2.75) is 19.3 Å². The summed E-state index contributed by atoms with van der Waals surface area (Å²) in [6.45, 7) is 3.34. The minimum atomic E-state index is -0.632. The van der Waals surface area contributed by atoms with E-state index in [0.29, 0.717) is 5.56 Å². The van der Waals surface area contributed by atoms with Gasteiger partial charge in [0.1, 0.15) is 5.15 Å². The third-order valence-electron chi connectivity index (χ3n) is 2.01. The standard InChI is InChI=1S/C9H10Cl2FNO/c1-9(2,4-14)5-3-6(12)8(11)13-7(5)10/h3,14H,4H2,1-2H3. The molecule has 1 rings (SSSR count). The molecule has 0 amide bonds. The number of aromatic nitrogens is 1. The minimum absolute atomic E-state index is 0.121. The van der Waals surface area contributed by atoms with Gasteiger partial charge in [-0.3, -0.25) is 0 Å². The molecule has 14 heavy (non-hydrogen) atoms. The molecule has 0 aliphatic heterocycles. The largest absolute Gasteiger partial charge is 0.395 e. The number of rotatable bonds is 2. The van der Waals surface area contributed by atoms with Crippen LogP contribution in [0.15, 0.2) is 6.07 Å². The lowest BCUT2D eigenvalue weighted by molar-refractivity contribution is 0.218. The van der Waals surface area contributed by atoms with E-state index >= 15 is 0 Å². The second-order valence-electron chi connectivity index (χ2n) is 3.64. The minimum Gasteiger partial charge on any atom is -0.395 e. The number of hydrogen-bond acceptors (Lipinski definition) is 2. The van der Waals surface area contributed by atoms with Crippen molar-refractivity contribution in [3.05, 3.63) is 27.8 Å². The van der Waals surface area contributed by atoms with Crippen LogP contribution >= 0.6 is 23.2 Å². The lowest BCUT2D eigenvalue weighted by Crippen LogP contribution is -2.23. The van der Waals surface area contributed by atoms with Crippen LogP contribution in [-0.4, -0.2) is 16.7 Å². The van der Waals surface area contributed by atoms with E-state index in [-0.39, 0.29) is 16.9 Å². The fourth-order valence-corrected chi connectivity index (χ4v) is 1.58. The molecule has 2 nitrogen and oxygen atoms in total. The number of aliphatic hydroxyl groups is 1. The summed E-state index contributed by atoms with van der Waals surface area (Å²) in [5.41, 5.74) is -0.182. The van der Waals surface area contributed by atoms with Crippen LogP contribution < -0.4 is 0 Å². The number of hydrogen-bond donors (Lipinski definition) is 1. The molecule has 0 aromatic carbocycles. The number of pyridine rings is 1. The first-order valence-electron chi connectivity index (χ1n) is 4.01. The van der Waals surface area contributed by atoms with Crippen molar-refractivity contribution in [2.24, 2.45) is 0 Å². The van der Waals surface area contributed by atoms with E-state index in [0.717, 1.165) is 0 Å². The molecule has 0 atom stereocenters. The van der Waals surface area contributed by atoms with Crippen molar-refractivity contribution in [1.29, 1.82) is 0 Å². The SMILES string of the molecule is CC(C)(CO)c1cc(F)c(Cl)nc1Cl. The average Bonchev–Trinajstić information content (AvgIpc) is 2.11. The molecular weight excluding hydrogens is 228 g/mol. The van der Waals surface area contributed by atoms with Gasteiger partial charge in [-0.05, 0) is 6.07 Å². The lowest BCUT2D eigenvalue weighted by Gasteiger charge is -2.22. The first-order chi connectivity index (χ1) is 6.38. The van der Waals surface area contributed by atoms with Crippen molar-refractivity contribution in [2.75, 3.05) is 6.61 Å². The molecule has 1 N–H and O–H groups in total. The Bertz CT molecular complexity index is 355. The first kappa shape index (κ1) is 11.7. The van der Waals surface area contributed by atoms with E-state index in [1.807, 2.05) is 0 Å². The Hall–Kier alpha value is -0.380. The van der Waals surface area contributed by atoms with Gasteiger partial charge >= 0.3 is 0 Å². The predicted octanol–water partition coefficient (Wildman–Crippen LogP) is 2.80. The second kappa shape index (κ2) is 4.01. The fourth-order valence-electron chi connectivity index (χ4n) is 1.01. The smallest absolute Gasteiger partial charge is 0.166 e. The number of halogens is 3.